The lowest BCUT2D eigenvalue weighted by Crippen LogP contribution is -2.54. The second-order valence-corrected chi connectivity index (χ2v) is 9.63. The number of anilines is 1. The van der Waals surface area contributed by atoms with Gasteiger partial charge in [0.25, 0.3) is 0 Å². The van der Waals surface area contributed by atoms with Crippen molar-refractivity contribution in [2.24, 2.45) is 0 Å². The molecule has 0 saturated heterocycles. The van der Waals surface area contributed by atoms with Crippen LogP contribution in [0.4, 0.5) is 5.69 Å². The van der Waals surface area contributed by atoms with Crippen molar-refractivity contribution in [1.82, 2.24) is 0 Å². The highest BCUT2D eigenvalue weighted by Crippen LogP contribution is 2.44. The van der Waals surface area contributed by atoms with Crippen molar-refractivity contribution in [3.8, 4) is 0 Å². The van der Waals surface area contributed by atoms with E-state index in [4.69, 9.17) is 0 Å². The molecule has 0 N–H and O–H groups in total. The van der Waals surface area contributed by atoms with Gasteiger partial charge in [0.05, 0.1) is 4.90 Å². The van der Waals surface area contributed by atoms with E-state index in [0.29, 0.717) is 12.8 Å². The van der Waals surface area contributed by atoms with E-state index in [2.05, 4.69) is 0 Å². The van der Waals surface area contributed by atoms with Crippen molar-refractivity contribution in [1.29, 1.82) is 0 Å². The summed E-state index contributed by atoms with van der Waals surface area (Å²) in [5, 5.41) is 0. The largest absolute Gasteiger partial charge is 0.308 e. The van der Waals surface area contributed by atoms with Crippen molar-refractivity contribution in [3.63, 3.8) is 0 Å². The van der Waals surface area contributed by atoms with Crippen LogP contribution in [0.25, 0.3) is 0 Å². The molecule has 1 heterocycles. The highest BCUT2D eigenvalue weighted by Gasteiger charge is 2.56. The Balaban J connectivity index is 1.82. The number of carbonyl (C=O) groups is 1. The summed E-state index contributed by atoms with van der Waals surface area (Å²) >= 11 is 0. The molecule has 5 heteroatoms. The highest BCUT2D eigenvalue weighted by molar-refractivity contribution is 7.93. The number of hydrogen-bond acceptors (Lipinski definition) is 3. The Morgan fingerprint density at radius 3 is 2.31 bits per heavy atom. The topological polar surface area (TPSA) is 54.5 Å². The Hall–Kier alpha value is -2.14. The van der Waals surface area contributed by atoms with Gasteiger partial charge in [0.15, 0.2) is 14.6 Å². The summed E-state index contributed by atoms with van der Waals surface area (Å²) in [6, 6.07) is 16.2. The molecule has 4 rings (SSSR count). The maximum Gasteiger partial charge on any atom is 0.249 e. The fraction of sp³-hybridized carbons (Fsp3) is 0.381. The van der Waals surface area contributed by atoms with Gasteiger partial charge in [-0.05, 0) is 49.9 Å². The summed E-state index contributed by atoms with van der Waals surface area (Å²) in [6.07, 6.45) is 3.09. The lowest BCUT2D eigenvalue weighted by Gasteiger charge is -2.34. The first-order valence-electron chi connectivity index (χ1n) is 9.19. The molecule has 2 aromatic rings. The van der Waals surface area contributed by atoms with Crippen LogP contribution in [0.5, 0.6) is 0 Å². The maximum atomic E-state index is 13.7. The number of amides is 1. The summed E-state index contributed by atoms with van der Waals surface area (Å²) in [5.41, 5.74) is 1.97. The molecule has 0 bridgehead atoms. The Kier molecular flexibility index (Phi) is 4.14. The van der Waals surface area contributed by atoms with Crippen molar-refractivity contribution in [2.75, 3.05) is 4.90 Å². The Morgan fingerprint density at radius 2 is 1.62 bits per heavy atom. The molecule has 0 spiro atoms. The zero-order chi connectivity index (χ0) is 18.4. The van der Waals surface area contributed by atoms with E-state index in [-0.39, 0.29) is 16.8 Å². The molecule has 1 aliphatic heterocycles. The number of para-hydroxylation sites is 1. The molecule has 4 nitrogen and oxygen atoms in total. The molecular formula is C21H23NO3S. The van der Waals surface area contributed by atoms with Gasteiger partial charge in [-0.1, -0.05) is 49.2 Å². The third-order valence-electron chi connectivity index (χ3n) is 5.79. The maximum absolute atomic E-state index is 13.7. The molecule has 136 valence electrons. The summed E-state index contributed by atoms with van der Waals surface area (Å²) in [7, 11) is -3.75. The summed E-state index contributed by atoms with van der Waals surface area (Å²) in [6.45, 7) is 2.00. The lowest BCUT2D eigenvalue weighted by atomic mass is 10.0. The summed E-state index contributed by atoms with van der Waals surface area (Å²) < 4.78 is 25.7. The van der Waals surface area contributed by atoms with Gasteiger partial charge in [0.1, 0.15) is 0 Å². The quantitative estimate of drug-likeness (QED) is 0.828. The number of fused-ring (bicyclic) bond motifs is 1. The molecular weight excluding hydrogens is 346 g/mol. The Labute approximate surface area is 154 Å². The Morgan fingerprint density at radius 1 is 1.00 bits per heavy atom. The highest BCUT2D eigenvalue weighted by atomic mass is 32.2. The van der Waals surface area contributed by atoms with Crippen LogP contribution in [-0.2, 0) is 21.1 Å². The summed E-state index contributed by atoms with van der Waals surface area (Å²) in [5.74, 6) is -0.253. The molecule has 26 heavy (non-hydrogen) atoms. The molecule has 1 aliphatic carbocycles. The van der Waals surface area contributed by atoms with E-state index in [0.717, 1.165) is 30.5 Å². The van der Waals surface area contributed by atoms with Crippen molar-refractivity contribution in [2.45, 2.75) is 54.7 Å². The number of hydrogen-bond donors (Lipinski definition) is 0. The van der Waals surface area contributed by atoms with Crippen LogP contribution in [0.3, 0.4) is 0 Å². The van der Waals surface area contributed by atoms with Crippen molar-refractivity contribution in [3.05, 3.63) is 60.2 Å². The van der Waals surface area contributed by atoms with Gasteiger partial charge in [0, 0.05) is 11.7 Å². The van der Waals surface area contributed by atoms with E-state index in [1.54, 1.807) is 35.2 Å². The fourth-order valence-electron chi connectivity index (χ4n) is 4.46. The van der Waals surface area contributed by atoms with Crippen LogP contribution in [-0.4, -0.2) is 25.1 Å². The van der Waals surface area contributed by atoms with Crippen LogP contribution in [0.1, 0.15) is 38.2 Å². The zero-order valence-electron chi connectivity index (χ0n) is 14.9. The molecule has 1 saturated carbocycles. The van der Waals surface area contributed by atoms with E-state index >= 15 is 0 Å². The number of benzene rings is 2. The monoisotopic (exact) mass is 369 g/mol. The van der Waals surface area contributed by atoms with Crippen molar-refractivity contribution < 1.29 is 13.2 Å². The first-order valence-corrected chi connectivity index (χ1v) is 10.7. The molecule has 1 amide bonds. The minimum absolute atomic E-state index is 0.0247. The van der Waals surface area contributed by atoms with Crippen LogP contribution in [0, 0.1) is 0 Å². The van der Waals surface area contributed by atoms with Gasteiger partial charge in [-0.15, -0.1) is 0 Å². The Bertz CT molecular complexity index is 931. The third kappa shape index (κ3) is 2.41. The average molecular weight is 369 g/mol. The van der Waals surface area contributed by atoms with E-state index in [1.165, 1.54) is 0 Å². The smallest absolute Gasteiger partial charge is 0.249 e. The van der Waals surface area contributed by atoms with Gasteiger partial charge < -0.3 is 4.90 Å². The molecule has 1 atom stereocenters. The first-order chi connectivity index (χ1) is 12.5. The molecule has 0 unspecified atom stereocenters. The van der Waals surface area contributed by atoms with E-state index in [1.807, 2.05) is 31.2 Å². The van der Waals surface area contributed by atoms with Crippen LogP contribution in [0.2, 0.25) is 0 Å². The number of carbonyl (C=O) groups excluding carboxylic acids is 1. The van der Waals surface area contributed by atoms with Crippen LogP contribution < -0.4 is 4.90 Å². The van der Waals surface area contributed by atoms with Gasteiger partial charge in [-0.2, -0.15) is 0 Å². The second kappa shape index (κ2) is 6.23. The second-order valence-electron chi connectivity index (χ2n) is 7.37. The lowest BCUT2D eigenvalue weighted by molar-refractivity contribution is -0.121. The average Bonchev–Trinajstić information content (AvgIpc) is 3.27. The molecule has 0 radical (unpaired) electrons. The SMILES string of the molecule is C[C@@H]1Cc2ccccc2N1C(=O)C1(S(=O)(=O)c2ccccc2)CCCC1. The number of nitrogens with zero attached hydrogens (tertiary/aromatic N) is 1. The zero-order valence-corrected chi connectivity index (χ0v) is 15.7. The standard InChI is InChI=1S/C21H23NO3S/c1-16-15-17-9-5-6-12-19(17)22(16)20(23)21(13-7-8-14-21)26(24,25)18-10-3-2-4-11-18/h2-6,9-12,16H,7-8,13-15H2,1H3/t16-/m1/s1. The van der Waals surface area contributed by atoms with Crippen molar-refractivity contribution >= 4 is 21.4 Å². The molecule has 2 aromatic carbocycles. The summed E-state index contributed by atoms with van der Waals surface area (Å²) in [4.78, 5) is 15.7. The van der Waals surface area contributed by atoms with Gasteiger partial charge in [-0.3, -0.25) is 4.79 Å². The molecule has 1 fully saturated rings. The predicted octanol–water partition coefficient (Wildman–Crippen LogP) is 3.75. The normalized spacial score (nSPS) is 21.6. The first kappa shape index (κ1) is 17.3. The third-order valence-corrected chi connectivity index (χ3v) is 8.30. The molecule has 0 aromatic heterocycles. The van der Waals surface area contributed by atoms with Crippen LogP contribution >= 0.6 is 0 Å². The van der Waals surface area contributed by atoms with Gasteiger partial charge in [0.2, 0.25) is 5.91 Å². The molecule has 2 aliphatic rings. The predicted molar refractivity (Wildman–Crippen MR) is 102 cm³/mol. The van der Waals surface area contributed by atoms with Gasteiger partial charge in [-0.25, -0.2) is 8.42 Å². The minimum atomic E-state index is -3.75. The number of sulfone groups is 1. The fourth-order valence-corrected chi connectivity index (χ4v) is 6.58. The van der Waals surface area contributed by atoms with Gasteiger partial charge >= 0.3 is 0 Å². The van der Waals surface area contributed by atoms with E-state index < -0.39 is 14.6 Å². The van der Waals surface area contributed by atoms with E-state index in [9.17, 15) is 13.2 Å². The number of rotatable bonds is 3. The van der Waals surface area contributed by atoms with Crippen LogP contribution in [0.15, 0.2) is 59.5 Å². The minimum Gasteiger partial charge on any atom is -0.308 e.